The molecule has 1 unspecified atom stereocenters. The molecule has 2 aromatic rings. The maximum atomic E-state index is 12.2. The number of rotatable bonds is 7. The quantitative estimate of drug-likeness (QED) is 0.845. The van der Waals surface area contributed by atoms with Crippen LogP contribution >= 0.6 is 0 Å². The van der Waals surface area contributed by atoms with Gasteiger partial charge in [-0.05, 0) is 55.0 Å². The van der Waals surface area contributed by atoms with E-state index in [0.29, 0.717) is 12.5 Å². The average Bonchev–Trinajstić information content (AvgIpc) is 2.57. The summed E-state index contributed by atoms with van der Waals surface area (Å²) in [5.41, 5.74) is 3.35. The maximum absolute atomic E-state index is 12.2. The highest BCUT2D eigenvalue weighted by Crippen LogP contribution is 2.25. The first-order chi connectivity index (χ1) is 11.5. The van der Waals surface area contributed by atoms with Crippen LogP contribution < -0.4 is 10.1 Å². The lowest BCUT2D eigenvalue weighted by Gasteiger charge is -2.18. The number of benzene rings is 1. The topological polar surface area (TPSA) is 51.2 Å². The lowest BCUT2D eigenvalue weighted by atomic mass is 10.0. The Morgan fingerprint density at radius 1 is 1.25 bits per heavy atom. The molecule has 1 atom stereocenters. The van der Waals surface area contributed by atoms with Crippen molar-refractivity contribution in [3.63, 3.8) is 0 Å². The van der Waals surface area contributed by atoms with Gasteiger partial charge >= 0.3 is 0 Å². The van der Waals surface area contributed by atoms with Crippen molar-refractivity contribution < 1.29 is 9.53 Å². The second-order valence-corrected chi connectivity index (χ2v) is 6.34. The van der Waals surface area contributed by atoms with E-state index in [1.54, 1.807) is 13.1 Å². The van der Waals surface area contributed by atoms with Crippen molar-refractivity contribution in [2.45, 2.75) is 46.1 Å². The SMILES string of the molecule is Cc1ccc(C(C)C)cc1OC(C)C(=O)NCCc1cccnc1. The fourth-order valence-corrected chi connectivity index (χ4v) is 2.37. The number of aryl methyl sites for hydroxylation is 1. The van der Waals surface area contributed by atoms with Crippen LogP contribution in [0.1, 0.15) is 43.4 Å². The first kappa shape index (κ1) is 18.0. The number of amides is 1. The smallest absolute Gasteiger partial charge is 0.260 e. The first-order valence-electron chi connectivity index (χ1n) is 8.41. The minimum atomic E-state index is -0.528. The first-order valence-corrected chi connectivity index (χ1v) is 8.41. The van der Waals surface area contributed by atoms with E-state index in [1.165, 1.54) is 5.56 Å². The molecule has 0 spiro atoms. The molecule has 1 amide bonds. The van der Waals surface area contributed by atoms with E-state index in [9.17, 15) is 4.79 Å². The van der Waals surface area contributed by atoms with Crippen LogP contribution in [0.2, 0.25) is 0 Å². The summed E-state index contributed by atoms with van der Waals surface area (Å²) in [7, 11) is 0. The van der Waals surface area contributed by atoms with Crippen LogP contribution in [-0.2, 0) is 11.2 Å². The monoisotopic (exact) mass is 326 g/mol. The van der Waals surface area contributed by atoms with Crippen LogP contribution in [0.25, 0.3) is 0 Å². The zero-order chi connectivity index (χ0) is 17.5. The number of pyridine rings is 1. The Bertz CT molecular complexity index is 669. The Morgan fingerprint density at radius 2 is 2.04 bits per heavy atom. The summed E-state index contributed by atoms with van der Waals surface area (Å²) in [6.45, 7) is 8.63. The van der Waals surface area contributed by atoms with Gasteiger partial charge in [-0.15, -0.1) is 0 Å². The number of carbonyl (C=O) groups is 1. The van der Waals surface area contributed by atoms with Gasteiger partial charge in [-0.3, -0.25) is 9.78 Å². The van der Waals surface area contributed by atoms with Gasteiger partial charge in [0.25, 0.3) is 5.91 Å². The van der Waals surface area contributed by atoms with Crippen LogP contribution in [0.5, 0.6) is 5.75 Å². The number of hydrogen-bond donors (Lipinski definition) is 1. The van der Waals surface area contributed by atoms with Gasteiger partial charge in [-0.25, -0.2) is 0 Å². The zero-order valence-corrected chi connectivity index (χ0v) is 14.9. The van der Waals surface area contributed by atoms with Crippen LogP contribution in [0.4, 0.5) is 0 Å². The largest absolute Gasteiger partial charge is 0.481 e. The predicted molar refractivity (Wildman–Crippen MR) is 96.3 cm³/mol. The second kappa shape index (κ2) is 8.48. The fourth-order valence-electron chi connectivity index (χ4n) is 2.37. The summed E-state index contributed by atoms with van der Waals surface area (Å²) >= 11 is 0. The number of hydrogen-bond acceptors (Lipinski definition) is 3. The van der Waals surface area contributed by atoms with Gasteiger partial charge in [0.1, 0.15) is 5.75 Å². The van der Waals surface area contributed by atoms with E-state index in [1.807, 2.05) is 37.4 Å². The summed E-state index contributed by atoms with van der Waals surface area (Å²) in [5.74, 6) is 1.10. The molecule has 0 fully saturated rings. The van der Waals surface area contributed by atoms with Gasteiger partial charge in [0, 0.05) is 18.9 Å². The van der Waals surface area contributed by atoms with Crippen LogP contribution in [-0.4, -0.2) is 23.5 Å². The highest BCUT2D eigenvalue weighted by molar-refractivity contribution is 5.80. The molecule has 0 saturated heterocycles. The molecule has 2 rings (SSSR count). The van der Waals surface area contributed by atoms with Crippen molar-refractivity contribution in [2.24, 2.45) is 0 Å². The maximum Gasteiger partial charge on any atom is 0.260 e. The lowest BCUT2D eigenvalue weighted by molar-refractivity contribution is -0.127. The molecule has 1 heterocycles. The standard InChI is InChI=1S/C20H26N2O2/c1-14(2)18-8-7-15(3)19(12-18)24-16(4)20(23)22-11-9-17-6-5-10-21-13-17/h5-8,10,12-14,16H,9,11H2,1-4H3,(H,22,23). The minimum absolute atomic E-state index is 0.103. The summed E-state index contributed by atoms with van der Waals surface area (Å²) in [6, 6.07) is 10.1. The predicted octanol–water partition coefficient (Wildman–Crippen LogP) is 3.64. The Morgan fingerprint density at radius 3 is 2.71 bits per heavy atom. The highest BCUT2D eigenvalue weighted by Gasteiger charge is 2.16. The molecule has 4 heteroatoms. The van der Waals surface area contributed by atoms with Crippen molar-refractivity contribution in [3.05, 3.63) is 59.4 Å². The van der Waals surface area contributed by atoms with Gasteiger partial charge in [0.15, 0.2) is 6.10 Å². The van der Waals surface area contributed by atoms with Crippen LogP contribution in [0, 0.1) is 6.92 Å². The van der Waals surface area contributed by atoms with Crippen molar-refractivity contribution in [1.82, 2.24) is 10.3 Å². The molecular weight excluding hydrogens is 300 g/mol. The number of nitrogens with zero attached hydrogens (tertiary/aromatic N) is 1. The normalized spacial score (nSPS) is 12.0. The highest BCUT2D eigenvalue weighted by atomic mass is 16.5. The summed E-state index contributed by atoms with van der Waals surface area (Å²) in [5, 5.41) is 2.92. The number of ether oxygens (including phenoxy) is 1. The third kappa shape index (κ3) is 5.08. The molecule has 0 aliphatic heterocycles. The second-order valence-electron chi connectivity index (χ2n) is 6.34. The van der Waals surface area contributed by atoms with E-state index in [4.69, 9.17) is 4.74 Å². The molecule has 1 N–H and O–H groups in total. The molecule has 0 saturated carbocycles. The summed E-state index contributed by atoms with van der Waals surface area (Å²) < 4.78 is 5.88. The molecule has 0 bridgehead atoms. The van der Waals surface area contributed by atoms with Gasteiger partial charge in [-0.1, -0.05) is 32.0 Å². The van der Waals surface area contributed by atoms with Gasteiger partial charge in [0.05, 0.1) is 0 Å². The van der Waals surface area contributed by atoms with Gasteiger partial charge in [0.2, 0.25) is 0 Å². The molecular formula is C20H26N2O2. The van der Waals surface area contributed by atoms with Crippen LogP contribution in [0.15, 0.2) is 42.7 Å². The van der Waals surface area contributed by atoms with E-state index in [-0.39, 0.29) is 5.91 Å². The Kier molecular flexibility index (Phi) is 6.36. The Hall–Kier alpha value is -2.36. The minimum Gasteiger partial charge on any atom is -0.481 e. The van der Waals surface area contributed by atoms with Crippen molar-refractivity contribution in [1.29, 1.82) is 0 Å². The lowest BCUT2D eigenvalue weighted by Crippen LogP contribution is -2.37. The summed E-state index contributed by atoms with van der Waals surface area (Å²) in [4.78, 5) is 16.3. The van der Waals surface area contributed by atoms with Crippen molar-refractivity contribution in [3.8, 4) is 5.75 Å². The Balaban J connectivity index is 1.88. The van der Waals surface area contributed by atoms with Gasteiger partial charge < -0.3 is 10.1 Å². The Labute approximate surface area is 144 Å². The van der Waals surface area contributed by atoms with E-state index < -0.39 is 6.10 Å². The molecule has 4 nitrogen and oxygen atoms in total. The van der Waals surface area contributed by atoms with Gasteiger partial charge in [-0.2, -0.15) is 0 Å². The van der Waals surface area contributed by atoms with Crippen molar-refractivity contribution >= 4 is 5.91 Å². The summed E-state index contributed by atoms with van der Waals surface area (Å²) in [6.07, 6.45) is 3.78. The van der Waals surface area contributed by atoms with E-state index in [0.717, 1.165) is 23.3 Å². The van der Waals surface area contributed by atoms with Crippen LogP contribution in [0.3, 0.4) is 0 Å². The molecule has 0 aliphatic carbocycles. The van der Waals surface area contributed by atoms with Crippen molar-refractivity contribution in [2.75, 3.05) is 6.54 Å². The van der Waals surface area contributed by atoms with E-state index >= 15 is 0 Å². The molecule has 128 valence electrons. The third-order valence-corrected chi connectivity index (χ3v) is 3.99. The number of aromatic nitrogens is 1. The number of nitrogens with one attached hydrogen (secondary N) is 1. The third-order valence-electron chi connectivity index (χ3n) is 3.99. The molecule has 1 aromatic heterocycles. The fraction of sp³-hybridized carbons (Fsp3) is 0.400. The average molecular weight is 326 g/mol. The molecule has 0 aliphatic rings. The molecule has 0 radical (unpaired) electrons. The van der Waals surface area contributed by atoms with E-state index in [2.05, 4.69) is 30.2 Å². The molecule has 24 heavy (non-hydrogen) atoms. The zero-order valence-electron chi connectivity index (χ0n) is 14.9. The number of carbonyl (C=O) groups excluding carboxylic acids is 1. The molecule has 1 aromatic carbocycles.